The van der Waals surface area contributed by atoms with E-state index in [2.05, 4.69) is 35.3 Å². The minimum atomic E-state index is 0. The Morgan fingerprint density at radius 1 is 1.33 bits per heavy atom. The largest absolute Gasteiger partial charge is 1.00 e. The summed E-state index contributed by atoms with van der Waals surface area (Å²) in [7, 11) is 2.04. The van der Waals surface area contributed by atoms with Crippen molar-refractivity contribution in [3.63, 3.8) is 0 Å². The highest BCUT2D eigenvalue weighted by atomic mass is 35.5. The van der Waals surface area contributed by atoms with E-state index in [0.717, 1.165) is 6.54 Å². The molecule has 12 heavy (non-hydrogen) atoms. The average Bonchev–Trinajstić information content (AvgIpc) is 2.05. The van der Waals surface area contributed by atoms with E-state index in [1.807, 2.05) is 7.05 Å². The molecule has 0 aliphatic rings. The molecule has 1 rings (SSSR count). The maximum atomic E-state index is 3.82. The molecule has 0 spiro atoms. The lowest BCUT2D eigenvalue weighted by molar-refractivity contribution is -0.539. The van der Waals surface area contributed by atoms with Gasteiger partial charge in [0.15, 0.2) is 0 Å². The summed E-state index contributed by atoms with van der Waals surface area (Å²) in [4.78, 5) is 0. The van der Waals surface area contributed by atoms with E-state index < -0.39 is 0 Å². The first-order valence-electron chi connectivity index (χ1n) is 3.54. The van der Waals surface area contributed by atoms with Crippen LogP contribution < -0.4 is 35.9 Å². The van der Waals surface area contributed by atoms with Gasteiger partial charge in [-0.05, 0) is 6.07 Å². The zero-order valence-electron chi connectivity index (χ0n) is 7.06. The van der Waals surface area contributed by atoms with Gasteiger partial charge in [-0.25, -0.2) is 0 Å². The molecule has 0 aliphatic heterocycles. The molecular formula is C8H14Cl2N2. The van der Waals surface area contributed by atoms with E-state index >= 15 is 0 Å². The van der Waals surface area contributed by atoms with Crippen molar-refractivity contribution < 1.29 is 35.9 Å². The molecule has 0 saturated heterocycles. The van der Waals surface area contributed by atoms with Gasteiger partial charge in [-0.15, -0.1) is 0 Å². The first-order valence-corrected chi connectivity index (χ1v) is 3.54. The summed E-state index contributed by atoms with van der Waals surface area (Å²) < 4.78 is 0. The van der Waals surface area contributed by atoms with Crippen LogP contribution in [-0.2, 0) is 6.54 Å². The SMILES string of the molecule is C[NH2+]c1cccc(C[NH3+])c1.[Cl-].[Cl-]. The predicted octanol–water partition coefficient (Wildman–Crippen LogP) is -6.74. The summed E-state index contributed by atoms with van der Waals surface area (Å²) in [5.74, 6) is 0. The van der Waals surface area contributed by atoms with E-state index in [9.17, 15) is 0 Å². The Kier molecular flexibility index (Phi) is 8.76. The Morgan fingerprint density at radius 3 is 2.50 bits per heavy atom. The zero-order valence-corrected chi connectivity index (χ0v) is 8.57. The summed E-state index contributed by atoms with van der Waals surface area (Å²) in [6.45, 7) is 0.877. The van der Waals surface area contributed by atoms with E-state index in [4.69, 9.17) is 0 Å². The predicted molar refractivity (Wildman–Crippen MR) is 40.5 cm³/mol. The fraction of sp³-hybridized carbons (Fsp3) is 0.250. The second kappa shape index (κ2) is 7.37. The highest BCUT2D eigenvalue weighted by Gasteiger charge is 1.94. The molecule has 0 fully saturated rings. The molecule has 2 nitrogen and oxygen atoms in total. The lowest BCUT2D eigenvalue weighted by Gasteiger charge is -1.95. The molecule has 5 N–H and O–H groups in total. The van der Waals surface area contributed by atoms with Crippen LogP contribution in [0.15, 0.2) is 24.3 Å². The Hall–Kier alpha value is -0.280. The Labute approximate surface area is 85.4 Å². The molecule has 70 valence electrons. The van der Waals surface area contributed by atoms with Gasteiger partial charge in [0.25, 0.3) is 0 Å². The van der Waals surface area contributed by atoms with Gasteiger partial charge < -0.3 is 35.9 Å². The van der Waals surface area contributed by atoms with Crippen molar-refractivity contribution in [3.8, 4) is 0 Å². The van der Waals surface area contributed by atoms with Gasteiger partial charge in [0, 0.05) is 11.6 Å². The molecule has 0 aliphatic carbocycles. The van der Waals surface area contributed by atoms with Gasteiger partial charge >= 0.3 is 0 Å². The minimum Gasteiger partial charge on any atom is -1.00 e. The zero-order chi connectivity index (χ0) is 7.40. The Morgan fingerprint density at radius 2 is 2.00 bits per heavy atom. The number of quaternary nitrogens is 2. The van der Waals surface area contributed by atoms with E-state index in [1.54, 1.807) is 0 Å². The van der Waals surface area contributed by atoms with Crippen molar-refractivity contribution in [1.82, 2.24) is 0 Å². The number of halogens is 2. The molecule has 0 radical (unpaired) electrons. The smallest absolute Gasteiger partial charge is 0.129 e. The van der Waals surface area contributed by atoms with Crippen LogP contribution in [0.25, 0.3) is 0 Å². The number of nitrogens with two attached hydrogens (primary N) is 1. The Bertz CT molecular complexity index is 197. The van der Waals surface area contributed by atoms with Gasteiger partial charge in [0.05, 0.1) is 13.6 Å². The first-order chi connectivity index (χ1) is 4.86. The number of benzene rings is 1. The normalized spacial score (nSPS) is 8.17. The lowest BCUT2D eigenvalue weighted by atomic mass is 10.2. The maximum Gasteiger partial charge on any atom is 0.129 e. The van der Waals surface area contributed by atoms with Gasteiger partial charge in [-0.2, -0.15) is 0 Å². The first kappa shape index (κ1) is 14.3. The third kappa shape index (κ3) is 3.93. The fourth-order valence-electron chi connectivity index (χ4n) is 0.928. The van der Waals surface area contributed by atoms with Crippen molar-refractivity contribution in [2.75, 3.05) is 7.05 Å². The van der Waals surface area contributed by atoms with Gasteiger partial charge in [-0.3, -0.25) is 0 Å². The van der Waals surface area contributed by atoms with Crippen LogP contribution in [0.1, 0.15) is 5.56 Å². The monoisotopic (exact) mass is 208 g/mol. The minimum absolute atomic E-state index is 0. The molecular weight excluding hydrogens is 195 g/mol. The summed E-state index contributed by atoms with van der Waals surface area (Å²) >= 11 is 0. The third-order valence-corrected chi connectivity index (χ3v) is 1.57. The highest BCUT2D eigenvalue weighted by Crippen LogP contribution is 2.02. The summed E-state index contributed by atoms with van der Waals surface area (Å²) in [5.41, 5.74) is 6.40. The molecule has 0 heterocycles. The molecule has 0 amide bonds. The topological polar surface area (TPSA) is 44.2 Å². The Balaban J connectivity index is 0. The number of hydrogen-bond acceptors (Lipinski definition) is 0. The molecule has 0 atom stereocenters. The van der Waals surface area contributed by atoms with Gasteiger partial charge in [0.1, 0.15) is 5.69 Å². The molecule has 0 saturated carbocycles. The number of hydrogen-bond donors (Lipinski definition) is 2. The lowest BCUT2D eigenvalue weighted by Crippen LogP contribution is -3.00. The maximum absolute atomic E-state index is 3.82. The van der Waals surface area contributed by atoms with Gasteiger partial charge in [0.2, 0.25) is 0 Å². The van der Waals surface area contributed by atoms with Crippen LogP contribution in [0.3, 0.4) is 0 Å². The second-order valence-corrected chi connectivity index (χ2v) is 2.28. The number of rotatable bonds is 2. The van der Waals surface area contributed by atoms with Crippen LogP contribution in [0.4, 0.5) is 5.69 Å². The van der Waals surface area contributed by atoms with Crippen LogP contribution >= 0.6 is 0 Å². The van der Waals surface area contributed by atoms with E-state index in [0.29, 0.717) is 0 Å². The fourth-order valence-corrected chi connectivity index (χ4v) is 0.928. The van der Waals surface area contributed by atoms with Crippen molar-refractivity contribution in [3.05, 3.63) is 29.8 Å². The standard InChI is InChI=1S/C8H12N2.2ClH/c1-10-8-4-2-3-7(5-8)6-9;;/h2-5,10H,6,9H2,1H3;2*1H. The molecule has 4 heteroatoms. The van der Waals surface area contributed by atoms with Gasteiger partial charge in [-0.1, -0.05) is 12.1 Å². The molecule has 1 aromatic carbocycles. The molecule has 1 aromatic rings. The molecule has 0 aromatic heterocycles. The van der Waals surface area contributed by atoms with E-state index in [1.165, 1.54) is 11.3 Å². The second-order valence-electron chi connectivity index (χ2n) is 2.28. The van der Waals surface area contributed by atoms with Crippen LogP contribution in [-0.4, -0.2) is 7.05 Å². The summed E-state index contributed by atoms with van der Waals surface area (Å²) in [6, 6.07) is 8.42. The summed E-state index contributed by atoms with van der Waals surface area (Å²) in [5, 5.41) is 2.10. The highest BCUT2D eigenvalue weighted by molar-refractivity contribution is 5.32. The van der Waals surface area contributed by atoms with Crippen molar-refractivity contribution >= 4 is 5.69 Å². The van der Waals surface area contributed by atoms with Crippen LogP contribution in [0.5, 0.6) is 0 Å². The van der Waals surface area contributed by atoms with E-state index in [-0.39, 0.29) is 24.8 Å². The van der Waals surface area contributed by atoms with Crippen molar-refractivity contribution in [1.29, 1.82) is 0 Å². The third-order valence-electron chi connectivity index (χ3n) is 1.57. The molecule has 0 unspecified atom stereocenters. The van der Waals surface area contributed by atoms with Crippen LogP contribution in [0, 0.1) is 0 Å². The quantitative estimate of drug-likeness (QED) is 0.455. The van der Waals surface area contributed by atoms with Crippen molar-refractivity contribution in [2.24, 2.45) is 0 Å². The summed E-state index contributed by atoms with van der Waals surface area (Å²) in [6.07, 6.45) is 0. The van der Waals surface area contributed by atoms with Crippen LogP contribution in [0.2, 0.25) is 0 Å². The molecule has 0 bridgehead atoms. The average molecular weight is 209 g/mol. The van der Waals surface area contributed by atoms with Crippen molar-refractivity contribution in [2.45, 2.75) is 6.54 Å².